The third-order valence-corrected chi connectivity index (χ3v) is 5.00. The number of methoxy groups -OCH3 is 1. The maximum atomic E-state index is 12.3. The molecule has 23 heavy (non-hydrogen) atoms. The zero-order valence-corrected chi connectivity index (χ0v) is 14.2. The van der Waals surface area contributed by atoms with Gasteiger partial charge in [0.1, 0.15) is 4.88 Å². The minimum Gasteiger partial charge on any atom is -0.465 e. The lowest BCUT2D eigenvalue weighted by Gasteiger charge is -2.07. The Labute approximate surface area is 137 Å². The monoisotopic (exact) mass is 354 g/mol. The number of thiazole rings is 1. The maximum absolute atomic E-state index is 12.3. The van der Waals surface area contributed by atoms with E-state index < -0.39 is 21.7 Å². The zero-order valence-electron chi connectivity index (χ0n) is 12.6. The summed E-state index contributed by atoms with van der Waals surface area (Å²) in [5.41, 5.74) is 0.849. The molecule has 122 valence electrons. The molecule has 9 heteroatoms. The van der Waals surface area contributed by atoms with Gasteiger partial charge in [-0.15, -0.1) is 0 Å². The lowest BCUT2D eigenvalue weighted by Crippen LogP contribution is -2.14. The van der Waals surface area contributed by atoms with Gasteiger partial charge < -0.3 is 4.74 Å². The summed E-state index contributed by atoms with van der Waals surface area (Å²) in [5, 5.41) is 2.76. The van der Waals surface area contributed by atoms with Crippen LogP contribution in [0.3, 0.4) is 0 Å². The standard InChI is InChI=1S/C14H14N2O5S2/c1-8-4-5-9(23(3,19)20)6-10(8)12(17)16-14-15-7-11(22-14)13(18)21-2/h4-7H,1-3H3,(H,15,16,17). The third kappa shape index (κ3) is 3.93. The molecule has 1 aromatic carbocycles. The molecular formula is C14H14N2O5S2. The van der Waals surface area contributed by atoms with Crippen molar-refractivity contribution in [2.75, 3.05) is 18.7 Å². The highest BCUT2D eigenvalue weighted by atomic mass is 32.2. The Morgan fingerprint density at radius 2 is 2.00 bits per heavy atom. The molecule has 0 aliphatic carbocycles. The fraction of sp³-hybridized carbons (Fsp3) is 0.214. The van der Waals surface area contributed by atoms with E-state index in [-0.39, 0.29) is 20.5 Å². The SMILES string of the molecule is COC(=O)c1cnc(NC(=O)c2cc(S(C)(=O)=O)ccc2C)s1. The summed E-state index contributed by atoms with van der Waals surface area (Å²) in [4.78, 5) is 27.9. The summed E-state index contributed by atoms with van der Waals surface area (Å²) in [6.45, 7) is 1.70. The molecule has 2 rings (SSSR count). The maximum Gasteiger partial charge on any atom is 0.349 e. The van der Waals surface area contributed by atoms with Gasteiger partial charge in [0.2, 0.25) is 0 Å². The van der Waals surface area contributed by atoms with E-state index in [1.54, 1.807) is 13.0 Å². The van der Waals surface area contributed by atoms with E-state index in [4.69, 9.17) is 0 Å². The van der Waals surface area contributed by atoms with Crippen LogP contribution in [0, 0.1) is 6.92 Å². The van der Waals surface area contributed by atoms with Crippen molar-refractivity contribution in [3.63, 3.8) is 0 Å². The highest BCUT2D eigenvalue weighted by Crippen LogP contribution is 2.21. The van der Waals surface area contributed by atoms with E-state index in [2.05, 4.69) is 15.0 Å². The molecule has 1 heterocycles. The summed E-state index contributed by atoms with van der Waals surface area (Å²) in [6, 6.07) is 4.32. The number of carbonyl (C=O) groups is 2. The minimum absolute atomic E-state index is 0.0580. The lowest BCUT2D eigenvalue weighted by atomic mass is 10.1. The molecule has 2 aromatic rings. The average molecular weight is 354 g/mol. The van der Waals surface area contributed by atoms with Gasteiger partial charge in [0.15, 0.2) is 15.0 Å². The largest absolute Gasteiger partial charge is 0.465 e. The van der Waals surface area contributed by atoms with Crippen molar-refractivity contribution < 1.29 is 22.7 Å². The summed E-state index contributed by atoms with van der Waals surface area (Å²) >= 11 is 0.968. The van der Waals surface area contributed by atoms with Gasteiger partial charge in [0, 0.05) is 11.8 Å². The Bertz CT molecular complexity index is 871. The Morgan fingerprint density at radius 3 is 2.61 bits per heavy atom. The van der Waals surface area contributed by atoms with E-state index in [1.165, 1.54) is 25.4 Å². The van der Waals surface area contributed by atoms with Gasteiger partial charge in [-0.05, 0) is 24.6 Å². The second-order valence-electron chi connectivity index (χ2n) is 4.72. The molecule has 0 saturated carbocycles. The molecule has 0 fully saturated rings. The quantitative estimate of drug-likeness (QED) is 0.841. The van der Waals surface area contributed by atoms with Gasteiger partial charge in [-0.25, -0.2) is 18.2 Å². The molecule has 0 bridgehead atoms. The molecule has 1 aromatic heterocycles. The van der Waals surface area contributed by atoms with Gasteiger partial charge in [-0.3, -0.25) is 10.1 Å². The first-order chi connectivity index (χ1) is 10.7. The molecule has 0 aliphatic rings. The van der Waals surface area contributed by atoms with Crippen LogP contribution in [0.25, 0.3) is 0 Å². The first-order valence-electron chi connectivity index (χ1n) is 6.38. The number of carbonyl (C=O) groups excluding carboxylic acids is 2. The van der Waals surface area contributed by atoms with Crippen LogP contribution in [0.1, 0.15) is 25.6 Å². The summed E-state index contributed by atoms with van der Waals surface area (Å²) < 4.78 is 27.8. The number of nitrogens with one attached hydrogen (secondary N) is 1. The minimum atomic E-state index is -3.41. The number of amides is 1. The van der Waals surface area contributed by atoms with Crippen LogP contribution in [0.5, 0.6) is 0 Å². The molecular weight excluding hydrogens is 340 g/mol. The number of nitrogens with zero attached hydrogens (tertiary/aromatic N) is 1. The summed E-state index contributed by atoms with van der Waals surface area (Å²) in [6.07, 6.45) is 2.37. The van der Waals surface area contributed by atoms with Gasteiger partial charge >= 0.3 is 5.97 Å². The van der Waals surface area contributed by atoms with Crippen molar-refractivity contribution in [3.8, 4) is 0 Å². The first kappa shape index (κ1) is 17.1. The number of hydrogen-bond acceptors (Lipinski definition) is 7. The zero-order chi connectivity index (χ0) is 17.2. The van der Waals surface area contributed by atoms with Crippen molar-refractivity contribution in [2.24, 2.45) is 0 Å². The van der Waals surface area contributed by atoms with Crippen LogP contribution in [-0.4, -0.2) is 38.6 Å². The first-order valence-corrected chi connectivity index (χ1v) is 9.09. The number of anilines is 1. The second kappa shape index (κ2) is 6.47. The molecule has 0 radical (unpaired) electrons. The van der Waals surface area contributed by atoms with Crippen molar-refractivity contribution in [2.45, 2.75) is 11.8 Å². The molecule has 0 saturated heterocycles. The van der Waals surface area contributed by atoms with Crippen molar-refractivity contribution in [1.82, 2.24) is 4.98 Å². The fourth-order valence-corrected chi connectivity index (χ4v) is 3.14. The summed E-state index contributed by atoms with van der Waals surface area (Å²) in [7, 11) is -2.16. The number of esters is 1. The van der Waals surface area contributed by atoms with Crippen molar-refractivity contribution in [3.05, 3.63) is 40.4 Å². The average Bonchev–Trinajstić information content (AvgIpc) is 2.94. The Hall–Kier alpha value is -2.26. The number of hydrogen-bond donors (Lipinski definition) is 1. The molecule has 1 amide bonds. The predicted octanol–water partition coefficient (Wildman–Crippen LogP) is 1.89. The van der Waals surface area contributed by atoms with Gasteiger partial charge in [0.25, 0.3) is 5.91 Å². The topological polar surface area (TPSA) is 102 Å². The van der Waals surface area contributed by atoms with Crippen molar-refractivity contribution in [1.29, 1.82) is 0 Å². The van der Waals surface area contributed by atoms with Gasteiger partial charge in [0.05, 0.1) is 18.2 Å². The highest BCUT2D eigenvalue weighted by molar-refractivity contribution is 7.90. The van der Waals surface area contributed by atoms with Gasteiger partial charge in [-0.1, -0.05) is 17.4 Å². The van der Waals surface area contributed by atoms with Gasteiger partial charge in [-0.2, -0.15) is 0 Å². The Balaban J connectivity index is 2.27. The van der Waals surface area contributed by atoms with Crippen LogP contribution in [0.4, 0.5) is 5.13 Å². The highest BCUT2D eigenvalue weighted by Gasteiger charge is 2.17. The van der Waals surface area contributed by atoms with Crippen LogP contribution in [0.2, 0.25) is 0 Å². The van der Waals surface area contributed by atoms with Crippen LogP contribution in [0.15, 0.2) is 29.3 Å². The molecule has 0 unspecified atom stereocenters. The second-order valence-corrected chi connectivity index (χ2v) is 7.77. The lowest BCUT2D eigenvalue weighted by molar-refractivity contribution is 0.0606. The van der Waals surface area contributed by atoms with Crippen LogP contribution >= 0.6 is 11.3 Å². The molecule has 0 spiro atoms. The van der Waals surface area contributed by atoms with E-state index in [0.29, 0.717) is 5.56 Å². The normalized spacial score (nSPS) is 11.1. The predicted molar refractivity (Wildman–Crippen MR) is 85.7 cm³/mol. The Morgan fingerprint density at radius 1 is 1.30 bits per heavy atom. The van der Waals surface area contributed by atoms with E-state index in [9.17, 15) is 18.0 Å². The van der Waals surface area contributed by atoms with Crippen molar-refractivity contribution >= 4 is 38.2 Å². The van der Waals surface area contributed by atoms with E-state index in [0.717, 1.165) is 17.6 Å². The van der Waals surface area contributed by atoms with E-state index >= 15 is 0 Å². The molecule has 7 nitrogen and oxygen atoms in total. The molecule has 0 atom stereocenters. The number of benzene rings is 1. The number of ether oxygens (including phenoxy) is 1. The van der Waals surface area contributed by atoms with Crippen LogP contribution < -0.4 is 5.32 Å². The van der Waals surface area contributed by atoms with Crippen LogP contribution in [-0.2, 0) is 14.6 Å². The number of sulfone groups is 1. The smallest absolute Gasteiger partial charge is 0.349 e. The summed E-state index contributed by atoms with van der Waals surface area (Å²) in [5.74, 6) is -1.04. The Kier molecular flexibility index (Phi) is 4.81. The fourth-order valence-electron chi connectivity index (χ4n) is 1.77. The third-order valence-electron chi connectivity index (χ3n) is 2.99. The number of aromatic nitrogens is 1. The molecule has 1 N–H and O–H groups in total. The molecule has 0 aliphatic heterocycles. The number of aryl methyl sites for hydroxylation is 1. The number of rotatable bonds is 4. The van der Waals surface area contributed by atoms with E-state index in [1.807, 2.05) is 0 Å².